The zero-order valence-electron chi connectivity index (χ0n) is 32.6. The van der Waals surface area contributed by atoms with Crippen LogP contribution in [0.4, 0.5) is 39.9 Å². The van der Waals surface area contributed by atoms with E-state index < -0.39 is 0 Å². The van der Waals surface area contributed by atoms with Gasteiger partial charge < -0.3 is 19.4 Å². The number of ether oxygens (including phenoxy) is 1. The van der Waals surface area contributed by atoms with E-state index in [4.69, 9.17) is 9.72 Å². The van der Waals surface area contributed by atoms with Gasteiger partial charge in [0.05, 0.1) is 5.69 Å². The van der Waals surface area contributed by atoms with E-state index in [9.17, 15) is 0 Å². The van der Waals surface area contributed by atoms with Crippen molar-refractivity contribution < 1.29 is 25.8 Å². The summed E-state index contributed by atoms with van der Waals surface area (Å²) in [5.74, 6) is 2.01. The number of nitrogens with zero attached hydrogens (tertiary/aromatic N) is 4. The SMILES string of the molecule is CC(C)(C)c1ccnc(N2c3[c-]c(Oc4[c-]c(N5[CH-]N(c6ccc7sc8ccccc8c7c6)c6ccccc65)ccc4)ccc3-c3ccccc3-c3ccccc32)c1.[Pt]. The molecule has 0 bridgehead atoms. The molecular weight excluding hydrogens is 924 g/mol. The van der Waals surface area contributed by atoms with E-state index in [1.165, 1.54) is 25.7 Å². The molecule has 9 aromatic rings. The third-order valence-electron chi connectivity index (χ3n) is 11.1. The topological polar surface area (TPSA) is 31.8 Å². The molecule has 0 fully saturated rings. The molecule has 7 heteroatoms. The van der Waals surface area contributed by atoms with Crippen LogP contribution in [0.15, 0.2) is 164 Å². The molecule has 0 atom stereocenters. The third-order valence-corrected chi connectivity index (χ3v) is 12.3. The molecule has 11 rings (SSSR count). The maximum atomic E-state index is 6.69. The monoisotopic (exact) mass is 960 g/mol. The summed E-state index contributed by atoms with van der Waals surface area (Å²) in [4.78, 5) is 11.6. The third kappa shape index (κ3) is 6.39. The molecule has 2 aliphatic rings. The van der Waals surface area contributed by atoms with Crippen molar-refractivity contribution in [2.45, 2.75) is 26.2 Å². The maximum absolute atomic E-state index is 6.69. The maximum Gasteiger partial charge on any atom is 0.135 e. The van der Waals surface area contributed by atoms with Crippen LogP contribution >= 0.6 is 11.3 Å². The van der Waals surface area contributed by atoms with Gasteiger partial charge in [0.15, 0.2) is 0 Å². The Balaban J connectivity index is 0.00000420. The fraction of sp³-hybridized carbons (Fsp3) is 0.0769. The number of hydrogen-bond acceptors (Lipinski definition) is 6. The molecule has 0 saturated heterocycles. The van der Waals surface area contributed by atoms with Gasteiger partial charge in [-0.2, -0.15) is 12.1 Å². The molecule has 2 aliphatic heterocycles. The molecule has 0 N–H and O–H groups in total. The predicted octanol–water partition coefficient (Wildman–Crippen LogP) is 14.7. The van der Waals surface area contributed by atoms with Crippen molar-refractivity contribution >= 4 is 71.5 Å². The summed E-state index contributed by atoms with van der Waals surface area (Å²) in [6, 6.07) is 62.8. The van der Waals surface area contributed by atoms with Crippen molar-refractivity contribution in [2.75, 3.05) is 14.7 Å². The number of para-hydroxylation sites is 3. The van der Waals surface area contributed by atoms with Crippen LogP contribution in [0, 0.1) is 18.8 Å². The smallest absolute Gasteiger partial charge is 0.135 e. The number of hydrogen-bond donors (Lipinski definition) is 0. The Bertz CT molecular complexity index is 3060. The quantitative estimate of drug-likeness (QED) is 0.161. The molecule has 0 aliphatic carbocycles. The second-order valence-electron chi connectivity index (χ2n) is 15.8. The van der Waals surface area contributed by atoms with E-state index in [0.29, 0.717) is 11.5 Å². The Labute approximate surface area is 363 Å². The Kier molecular flexibility index (Phi) is 9.16. The largest absolute Gasteiger partial charge is 0.509 e. The summed E-state index contributed by atoms with van der Waals surface area (Å²) in [7, 11) is 0. The van der Waals surface area contributed by atoms with Crippen LogP contribution in [0.2, 0.25) is 0 Å². The Morgan fingerprint density at radius 1 is 0.576 bits per heavy atom. The minimum atomic E-state index is -0.0544. The molecule has 0 amide bonds. The standard InChI is InChI=1S/C52H37N4OS.Pt/c1-52(2,3)34-27-28-53-51(29-34)56-45-19-8-6-17-41(45)39-15-4-5-16-40(39)42-25-24-38(32-48(42)56)57-37-14-12-13-35(30-37)54-33-55(47-21-10-9-20-46(47)54)36-23-26-50-44(31-36)43-18-7-11-22-49(43)58-50;/h4-29,31,33H,1-3H3;/q-3;. The number of anilines is 7. The molecule has 5 nitrogen and oxygen atoms in total. The van der Waals surface area contributed by atoms with E-state index in [1.54, 1.807) is 0 Å². The summed E-state index contributed by atoms with van der Waals surface area (Å²) in [6.07, 6.45) is 1.91. The van der Waals surface area contributed by atoms with Crippen molar-refractivity contribution in [3.05, 3.63) is 188 Å². The van der Waals surface area contributed by atoms with Gasteiger partial charge in [-0.15, -0.1) is 59.6 Å². The van der Waals surface area contributed by atoms with Crippen LogP contribution in [0.25, 0.3) is 42.4 Å². The molecular formula is C52H37N4OPtS-3. The minimum absolute atomic E-state index is 0. The zero-order valence-corrected chi connectivity index (χ0v) is 35.7. The average molecular weight is 961 g/mol. The van der Waals surface area contributed by atoms with Crippen LogP contribution < -0.4 is 19.4 Å². The minimum Gasteiger partial charge on any atom is -0.509 e. The van der Waals surface area contributed by atoms with Crippen LogP contribution in [0.5, 0.6) is 11.5 Å². The summed E-state index contributed by atoms with van der Waals surface area (Å²) in [5.41, 5.74) is 11.7. The number of pyridine rings is 1. The van der Waals surface area contributed by atoms with E-state index >= 15 is 0 Å². The number of fused-ring (bicyclic) bond motifs is 9. The van der Waals surface area contributed by atoms with Crippen molar-refractivity contribution in [1.82, 2.24) is 4.98 Å². The molecule has 0 unspecified atom stereocenters. The van der Waals surface area contributed by atoms with E-state index in [-0.39, 0.29) is 26.5 Å². The zero-order chi connectivity index (χ0) is 39.0. The Morgan fingerprint density at radius 2 is 1.25 bits per heavy atom. The molecule has 4 heterocycles. The molecule has 0 saturated carbocycles. The molecule has 290 valence electrons. The number of benzene rings is 7. The van der Waals surface area contributed by atoms with Gasteiger partial charge in [-0.3, -0.25) is 0 Å². The van der Waals surface area contributed by atoms with Gasteiger partial charge in [-0.05, 0) is 71.1 Å². The first kappa shape index (κ1) is 37.1. The first-order valence-corrected chi connectivity index (χ1v) is 20.3. The second-order valence-corrected chi connectivity index (χ2v) is 16.8. The fourth-order valence-corrected chi connectivity index (χ4v) is 9.35. The van der Waals surface area contributed by atoms with Crippen molar-refractivity contribution in [3.8, 4) is 33.8 Å². The molecule has 0 radical (unpaired) electrons. The average Bonchev–Trinajstić information content (AvgIpc) is 3.79. The van der Waals surface area contributed by atoms with E-state index in [0.717, 1.165) is 62.2 Å². The first-order chi connectivity index (χ1) is 28.4. The second kappa shape index (κ2) is 14.6. The number of thiophene rings is 1. The molecule has 59 heavy (non-hydrogen) atoms. The fourth-order valence-electron chi connectivity index (χ4n) is 8.26. The summed E-state index contributed by atoms with van der Waals surface area (Å²) >= 11 is 1.83. The van der Waals surface area contributed by atoms with Crippen molar-refractivity contribution in [3.63, 3.8) is 0 Å². The van der Waals surface area contributed by atoms with Gasteiger partial charge in [0.25, 0.3) is 0 Å². The molecule has 2 aromatic heterocycles. The van der Waals surface area contributed by atoms with Gasteiger partial charge in [-0.1, -0.05) is 105 Å². The van der Waals surface area contributed by atoms with Gasteiger partial charge in [0, 0.05) is 81.6 Å². The summed E-state index contributed by atoms with van der Waals surface area (Å²) < 4.78 is 9.28. The normalized spacial score (nSPS) is 13.0. The van der Waals surface area contributed by atoms with Crippen LogP contribution in [-0.4, -0.2) is 4.98 Å². The number of aromatic nitrogens is 1. The first-order valence-electron chi connectivity index (χ1n) is 19.5. The van der Waals surface area contributed by atoms with Crippen LogP contribution in [0.3, 0.4) is 0 Å². The molecule has 7 aromatic carbocycles. The molecule has 0 spiro atoms. The van der Waals surface area contributed by atoms with Gasteiger partial charge in [-0.25, -0.2) is 4.98 Å². The van der Waals surface area contributed by atoms with Gasteiger partial charge in [0.2, 0.25) is 0 Å². The Morgan fingerprint density at radius 3 is 2.07 bits per heavy atom. The summed E-state index contributed by atoms with van der Waals surface area (Å²) in [6.45, 7) is 8.85. The number of rotatable bonds is 5. The van der Waals surface area contributed by atoms with Crippen LogP contribution in [-0.2, 0) is 26.5 Å². The van der Waals surface area contributed by atoms with Crippen LogP contribution in [0.1, 0.15) is 26.3 Å². The van der Waals surface area contributed by atoms with E-state index in [2.05, 4.69) is 194 Å². The Hall–Kier alpha value is -6.20. The summed E-state index contributed by atoms with van der Waals surface area (Å²) in [5, 5.41) is 2.55. The van der Waals surface area contributed by atoms with Crippen molar-refractivity contribution in [1.29, 1.82) is 0 Å². The van der Waals surface area contributed by atoms with Gasteiger partial charge >= 0.3 is 0 Å². The predicted molar refractivity (Wildman–Crippen MR) is 241 cm³/mol. The van der Waals surface area contributed by atoms with Crippen molar-refractivity contribution in [2.24, 2.45) is 0 Å². The van der Waals surface area contributed by atoms with E-state index in [1.807, 2.05) is 35.7 Å². The van der Waals surface area contributed by atoms with Gasteiger partial charge in [0.1, 0.15) is 5.82 Å².